The van der Waals surface area contributed by atoms with E-state index in [0.29, 0.717) is 22.5 Å². The van der Waals surface area contributed by atoms with Crippen LogP contribution in [0.3, 0.4) is 0 Å². The van der Waals surface area contributed by atoms with Gasteiger partial charge in [-0.05, 0) is 56.2 Å². The molecule has 0 amide bonds. The molecule has 0 aliphatic rings. The maximum atomic E-state index is 12.7. The Labute approximate surface area is 273 Å². The van der Waals surface area contributed by atoms with E-state index in [2.05, 4.69) is 32.1 Å². The number of hydrogen-bond acceptors (Lipinski definition) is 6. The molecule has 4 heterocycles. The van der Waals surface area contributed by atoms with Gasteiger partial charge in [0.1, 0.15) is 22.3 Å². The zero-order valence-electron chi connectivity index (χ0n) is 19.5. The topological polar surface area (TPSA) is 51.6 Å². The molecule has 4 aromatic heterocycles. The van der Waals surface area contributed by atoms with Crippen molar-refractivity contribution in [3.8, 4) is 22.5 Å². The van der Waals surface area contributed by atoms with E-state index >= 15 is 0 Å². The van der Waals surface area contributed by atoms with E-state index in [9.17, 15) is 26.3 Å². The Morgan fingerprint density at radius 1 is 0.595 bits per heavy atom. The largest absolute Gasteiger partial charge is 0.399 e. The molecule has 0 atom stereocenters. The van der Waals surface area contributed by atoms with Crippen LogP contribution < -0.4 is 0 Å². The van der Waals surface area contributed by atoms with Crippen LogP contribution in [0, 0.1) is 12.1 Å². The maximum Gasteiger partial charge on any atom is 0.399 e. The molecule has 6 aromatic rings. The molecule has 4 nitrogen and oxygen atoms in total. The number of hydrogen-bond donors (Lipinski definition) is 0. The van der Waals surface area contributed by atoms with Gasteiger partial charge in [-0.1, -0.05) is 14.9 Å². The number of rotatable bonds is 2. The SMILES string of the molecule is C.C.FC(F)(F)c1c[c-]c(-c2ncnc3sccc23)cc1.FC(F)(F)c1cc[c-]c(-c2ncnc3sccc23)c1.[Ir].[Ir]. The minimum Gasteiger partial charge on any atom is -0.285 e. The number of benzene rings is 2. The first kappa shape index (κ1) is 37.4. The molecule has 0 saturated heterocycles. The van der Waals surface area contributed by atoms with E-state index in [1.165, 1.54) is 47.5 Å². The second-order valence-corrected chi connectivity index (χ2v) is 9.49. The molecule has 0 unspecified atom stereocenters. The van der Waals surface area contributed by atoms with Crippen molar-refractivity contribution >= 4 is 43.1 Å². The molecule has 42 heavy (non-hydrogen) atoms. The minimum atomic E-state index is -4.37. The van der Waals surface area contributed by atoms with Gasteiger partial charge in [0.05, 0.1) is 0 Å². The summed E-state index contributed by atoms with van der Waals surface area (Å²) in [5, 5.41) is 5.26. The zero-order chi connectivity index (χ0) is 26.9. The molecule has 6 rings (SSSR count). The van der Waals surface area contributed by atoms with Gasteiger partial charge in [0.15, 0.2) is 0 Å². The molecule has 2 aromatic carbocycles. The predicted molar refractivity (Wildman–Crippen MR) is 147 cm³/mol. The molecular formula is C28H20F6Ir2N4S2-2. The van der Waals surface area contributed by atoms with Gasteiger partial charge in [-0.25, -0.2) is 9.97 Å². The van der Waals surface area contributed by atoms with Crippen LogP contribution in [0.4, 0.5) is 26.3 Å². The monoisotopic (exact) mass is 976 g/mol. The summed E-state index contributed by atoms with van der Waals surface area (Å²) in [7, 11) is 0. The molecule has 0 spiro atoms. The summed E-state index contributed by atoms with van der Waals surface area (Å²) in [5.41, 5.74) is 0.492. The van der Waals surface area contributed by atoms with Crippen LogP contribution in [0.25, 0.3) is 42.9 Å². The fourth-order valence-corrected chi connectivity index (χ4v) is 5.00. The molecule has 0 bridgehead atoms. The molecule has 226 valence electrons. The van der Waals surface area contributed by atoms with Crippen molar-refractivity contribution in [1.82, 2.24) is 19.9 Å². The summed E-state index contributed by atoms with van der Waals surface area (Å²) in [6.07, 6.45) is -5.97. The van der Waals surface area contributed by atoms with E-state index in [4.69, 9.17) is 0 Å². The number of fused-ring (bicyclic) bond motifs is 2. The van der Waals surface area contributed by atoms with Crippen LogP contribution in [0.1, 0.15) is 26.0 Å². The number of halogens is 6. The molecular weight excluding hydrogens is 955 g/mol. The first-order valence-corrected chi connectivity index (χ1v) is 12.4. The Kier molecular flexibility index (Phi) is 13.6. The zero-order valence-corrected chi connectivity index (χ0v) is 25.9. The van der Waals surface area contributed by atoms with Crippen LogP contribution in [-0.4, -0.2) is 19.9 Å². The summed E-state index contributed by atoms with van der Waals surface area (Å²) in [4.78, 5) is 17.9. The molecule has 0 aliphatic carbocycles. The van der Waals surface area contributed by atoms with Gasteiger partial charge in [0, 0.05) is 40.2 Å². The second-order valence-electron chi connectivity index (χ2n) is 7.70. The fraction of sp³-hybridized carbons (Fsp3) is 0.143. The summed E-state index contributed by atoms with van der Waals surface area (Å²) < 4.78 is 75.5. The van der Waals surface area contributed by atoms with Crippen molar-refractivity contribution < 1.29 is 66.6 Å². The quantitative estimate of drug-likeness (QED) is 0.128. The summed E-state index contributed by atoms with van der Waals surface area (Å²) >= 11 is 2.88. The average Bonchev–Trinajstić information content (AvgIpc) is 3.58. The Morgan fingerprint density at radius 3 is 1.60 bits per heavy atom. The molecule has 0 N–H and O–H groups in total. The number of aromatic nitrogens is 4. The molecule has 0 aliphatic heterocycles. The Hall–Kier alpha value is -2.60. The third-order valence-corrected chi connectivity index (χ3v) is 6.94. The standard InChI is InChI=1S/2C13H6F3N2S.2CH4.2Ir/c14-13(15,16)9-3-1-8(2-4-9)11-10-5-6-19-12(10)18-7-17-11;14-13(15,16)9-3-1-2-8(6-9)11-10-4-5-19-12(10)18-7-17-11;;;;/h2*1,3-7H;2*1H4;;/q2*-1;;;;. The van der Waals surface area contributed by atoms with Crippen LogP contribution in [0.2, 0.25) is 0 Å². The average molecular weight is 975 g/mol. The van der Waals surface area contributed by atoms with Crippen molar-refractivity contribution in [2.24, 2.45) is 0 Å². The number of alkyl halides is 6. The van der Waals surface area contributed by atoms with Crippen LogP contribution in [-0.2, 0) is 52.6 Å². The van der Waals surface area contributed by atoms with E-state index < -0.39 is 23.5 Å². The molecule has 14 heteroatoms. The van der Waals surface area contributed by atoms with Gasteiger partial charge in [0.2, 0.25) is 0 Å². The second kappa shape index (κ2) is 15.2. The van der Waals surface area contributed by atoms with Crippen LogP contribution in [0.5, 0.6) is 0 Å². The number of nitrogens with zero attached hydrogens (tertiary/aromatic N) is 4. The Morgan fingerprint density at radius 2 is 1.12 bits per heavy atom. The van der Waals surface area contributed by atoms with Gasteiger partial charge < -0.3 is 0 Å². The van der Waals surface area contributed by atoms with Crippen molar-refractivity contribution in [3.05, 3.63) is 95.2 Å². The summed E-state index contributed by atoms with van der Waals surface area (Å²) in [5.74, 6) is 0. The van der Waals surface area contributed by atoms with E-state index in [0.717, 1.165) is 44.7 Å². The smallest absolute Gasteiger partial charge is 0.285 e. The van der Waals surface area contributed by atoms with Crippen molar-refractivity contribution in [1.29, 1.82) is 0 Å². The van der Waals surface area contributed by atoms with Gasteiger partial charge >= 0.3 is 12.4 Å². The van der Waals surface area contributed by atoms with Gasteiger partial charge in [-0.3, -0.25) is 9.97 Å². The molecule has 0 fully saturated rings. The molecule has 0 saturated carbocycles. The van der Waals surface area contributed by atoms with Crippen molar-refractivity contribution in [2.45, 2.75) is 27.2 Å². The number of thiophene rings is 2. The van der Waals surface area contributed by atoms with E-state index in [1.54, 1.807) is 6.07 Å². The van der Waals surface area contributed by atoms with Crippen LogP contribution in [0.15, 0.2) is 71.9 Å². The minimum absolute atomic E-state index is 0. The Balaban J connectivity index is 0.000000383. The predicted octanol–water partition coefficient (Wildman–Crippen LogP) is 9.62. The maximum absolute atomic E-state index is 12.7. The molecule has 2 radical (unpaired) electrons. The van der Waals surface area contributed by atoms with Gasteiger partial charge in [0.25, 0.3) is 0 Å². The van der Waals surface area contributed by atoms with Crippen LogP contribution >= 0.6 is 22.7 Å². The van der Waals surface area contributed by atoms with E-state index in [1.807, 2.05) is 16.8 Å². The van der Waals surface area contributed by atoms with Gasteiger partial charge in [-0.2, -0.15) is 26.3 Å². The van der Waals surface area contributed by atoms with E-state index in [-0.39, 0.29) is 55.1 Å². The van der Waals surface area contributed by atoms with Crippen molar-refractivity contribution in [3.63, 3.8) is 0 Å². The van der Waals surface area contributed by atoms with Crippen molar-refractivity contribution in [2.75, 3.05) is 0 Å². The summed E-state index contributed by atoms with van der Waals surface area (Å²) in [6, 6.07) is 15.7. The normalized spacial score (nSPS) is 10.8. The first-order valence-electron chi connectivity index (χ1n) is 10.7. The fourth-order valence-electron chi connectivity index (χ4n) is 3.54. The summed E-state index contributed by atoms with van der Waals surface area (Å²) in [6.45, 7) is 0. The first-order chi connectivity index (χ1) is 18.1. The third kappa shape index (κ3) is 8.27. The van der Waals surface area contributed by atoms with Gasteiger partial charge in [-0.15, -0.1) is 82.3 Å². The third-order valence-electron chi connectivity index (χ3n) is 5.30. The Bertz CT molecular complexity index is 1720.